The molecule has 4 nitrogen and oxygen atoms in total. The van der Waals surface area contributed by atoms with Crippen molar-refractivity contribution in [2.24, 2.45) is 0 Å². The monoisotopic (exact) mass is 274 g/mol. The molecule has 0 aliphatic heterocycles. The number of ether oxygens (including phenoxy) is 1. The highest BCUT2D eigenvalue weighted by atomic mass is 16.5. The van der Waals surface area contributed by atoms with E-state index in [0.29, 0.717) is 28.9 Å². The number of methoxy groups -OCH3 is 1. The molecule has 0 aliphatic carbocycles. The molecule has 0 saturated heterocycles. The Hall–Kier alpha value is -2.10. The molecule has 1 heterocycles. The largest absolute Gasteiger partial charge is 0.497 e. The summed E-state index contributed by atoms with van der Waals surface area (Å²) < 4.78 is 11.0. The molecule has 0 aliphatic rings. The maximum atomic E-state index is 12.3. The molecule has 2 aromatic rings. The van der Waals surface area contributed by atoms with Gasteiger partial charge in [0.25, 0.3) is 0 Å². The van der Waals surface area contributed by atoms with Crippen LogP contribution in [0.1, 0.15) is 37.5 Å². The van der Waals surface area contributed by atoms with E-state index in [1.165, 1.54) is 13.0 Å². The lowest BCUT2D eigenvalue weighted by Gasteiger charge is -2.12. The molecule has 106 valence electrons. The molecule has 1 aromatic carbocycles. The fourth-order valence-electron chi connectivity index (χ4n) is 2.46. The van der Waals surface area contributed by atoms with Crippen LogP contribution in [0.4, 0.5) is 0 Å². The van der Waals surface area contributed by atoms with Crippen molar-refractivity contribution in [1.82, 2.24) is 0 Å². The van der Waals surface area contributed by atoms with Crippen LogP contribution < -0.4 is 10.2 Å². The molecule has 0 radical (unpaired) electrons. The predicted molar refractivity (Wildman–Crippen MR) is 77.5 cm³/mol. The number of hydrogen-bond acceptors (Lipinski definition) is 4. The number of Topliss-reactive ketones (excluding diaryl/α,β-unsaturated/α-hetero) is 1. The van der Waals surface area contributed by atoms with E-state index in [1.54, 1.807) is 19.2 Å². The van der Waals surface area contributed by atoms with Crippen LogP contribution in [0, 0.1) is 6.92 Å². The molecule has 0 bridgehead atoms. The average molecular weight is 274 g/mol. The van der Waals surface area contributed by atoms with Crippen LogP contribution in [0.2, 0.25) is 0 Å². The standard InChI is InChI=1S/C16H18O4/c1-5-12(10(3)17)14-8-13(18)16-9(2)6-11(19-4)7-15(16)20-14/h6-8,12H,5H2,1-4H3. The van der Waals surface area contributed by atoms with Gasteiger partial charge in [-0.2, -0.15) is 0 Å². The molecular formula is C16H18O4. The topological polar surface area (TPSA) is 56.5 Å². The van der Waals surface area contributed by atoms with E-state index in [-0.39, 0.29) is 17.1 Å². The van der Waals surface area contributed by atoms with Crippen molar-refractivity contribution in [2.75, 3.05) is 7.11 Å². The number of fused-ring (bicyclic) bond motifs is 1. The molecule has 0 amide bonds. The molecule has 2 rings (SSSR count). The van der Waals surface area contributed by atoms with E-state index in [1.807, 2.05) is 13.8 Å². The zero-order valence-electron chi connectivity index (χ0n) is 12.1. The molecule has 0 N–H and O–H groups in total. The van der Waals surface area contributed by atoms with E-state index in [9.17, 15) is 9.59 Å². The van der Waals surface area contributed by atoms with E-state index in [4.69, 9.17) is 9.15 Å². The Morgan fingerprint density at radius 3 is 2.60 bits per heavy atom. The van der Waals surface area contributed by atoms with Gasteiger partial charge in [-0.05, 0) is 31.9 Å². The van der Waals surface area contributed by atoms with Gasteiger partial charge in [-0.25, -0.2) is 0 Å². The highest BCUT2D eigenvalue weighted by Crippen LogP contribution is 2.27. The maximum absolute atomic E-state index is 12.3. The van der Waals surface area contributed by atoms with Gasteiger partial charge in [-0.3, -0.25) is 9.59 Å². The Labute approximate surface area is 117 Å². The van der Waals surface area contributed by atoms with Crippen LogP contribution in [0.15, 0.2) is 27.4 Å². The normalized spacial score (nSPS) is 12.4. The number of carbonyl (C=O) groups excluding carboxylic acids is 1. The van der Waals surface area contributed by atoms with Crippen molar-refractivity contribution < 1.29 is 13.9 Å². The zero-order valence-corrected chi connectivity index (χ0v) is 12.1. The van der Waals surface area contributed by atoms with Crippen LogP contribution in [-0.2, 0) is 4.79 Å². The molecule has 20 heavy (non-hydrogen) atoms. The number of benzene rings is 1. The summed E-state index contributed by atoms with van der Waals surface area (Å²) in [5.41, 5.74) is 1.14. The molecule has 4 heteroatoms. The van der Waals surface area contributed by atoms with Gasteiger partial charge in [0.2, 0.25) is 0 Å². The second kappa shape index (κ2) is 5.49. The minimum Gasteiger partial charge on any atom is -0.497 e. The lowest BCUT2D eigenvalue weighted by Crippen LogP contribution is -2.12. The quantitative estimate of drug-likeness (QED) is 0.859. The Morgan fingerprint density at radius 1 is 1.35 bits per heavy atom. The molecule has 0 spiro atoms. The molecule has 0 fully saturated rings. The van der Waals surface area contributed by atoms with E-state index < -0.39 is 0 Å². The maximum Gasteiger partial charge on any atom is 0.193 e. The Balaban J connectivity index is 2.73. The van der Waals surface area contributed by atoms with Gasteiger partial charge in [0.15, 0.2) is 5.43 Å². The number of hydrogen-bond donors (Lipinski definition) is 0. The van der Waals surface area contributed by atoms with Crippen LogP contribution >= 0.6 is 0 Å². The van der Waals surface area contributed by atoms with E-state index in [0.717, 1.165) is 5.56 Å². The average Bonchev–Trinajstić information content (AvgIpc) is 2.37. The summed E-state index contributed by atoms with van der Waals surface area (Å²) in [6.07, 6.45) is 0.604. The predicted octanol–water partition coefficient (Wildman–Crippen LogP) is 3.19. The number of aryl methyl sites for hydroxylation is 1. The SMILES string of the molecule is CCC(C(C)=O)c1cc(=O)c2c(C)cc(OC)cc2o1. The van der Waals surface area contributed by atoms with Crippen LogP contribution in [0.3, 0.4) is 0 Å². The minimum atomic E-state index is -0.376. The highest BCUT2D eigenvalue weighted by molar-refractivity contribution is 5.85. The van der Waals surface area contributed by atoms with Gasteiger partial charge in [0, 0.05) is 12.1 Å². The molecular weight excluding hydrogens is 256 g/mol. The summed E-state index contributed by atoms with van der Waals surface area (Å²) in [6, 6.07) is 4.90. The van der Waals surface area contributed by atoms with Crippen molar-refractivity contribution in [1.29, 1.82) is 0 Å². The summed E-state index contributed by atoms with van der Waals surface area (Å²) in [5.74, 6) is 0.671. The summed E-state index contributed by atoms with van der Waals surface area (Å²) in [6.45, 7) is 5.24. The number of ketones is 1. The summed E-state index contributed by atoms with van der Waals surface area (Å²) in [7, 11) is 1.56. The van der Waals surface area contributed by atoms with Crippen molar-refractivity contribution in [3.05, 3.63) is 39.7 Å². The fraction of sp³-hybridized carbons (Fsp3) is 0.375. The van der Waals surface area contributed by atoms with Crippen molar-refractivity contribution in [3.63, 3.8) is 0 Å². The zero-order chi connectivity index (χ0) is 14.9. The smallest absolute Gasteiger partial charge is 0.193 e. The summed E-state index contributed by atoms with van der Waals surface area (Å²) >= 11 is 0. The first-order valence-electron chi connectivity index (χ1n) is 6.60. The molecule has 1 aromatic heterocycles. The Kier molecular flexibility index (Phi) is 3.93. The van der Waals surface area contributed by atoms with Gasteiger partial charge < -0.3 is 9.15 Å². The van der Waals surface area contributed by atoms with Crippen molar-refractivity contribution >= 4 is 16.8 Å². The lowest BCUT2D eigenvalue weighted by molar-refractivity contribution is -0.118. The molecule has 1 atom stereocenters. The summed E-state index contributed by atoms with van der Waals surface area (Å²) in [5, 5.41) is 0.535. The third-order valence-electron chi connectivity index (χ3n) is 3.50. The Morgan fingerprint density at radius 2 is 2.05 bits per heavy atom. The first-order chi connectivity index (χ1) is 9.47. The molecule has 0 saturated carbocycles. The number of rotatable bonds is 4. The third kappa shape index (κ3) is 2.46. The molecule has 1 unspecified atom stereocenters. The van der Waals surface area contributed by atoms with Gasteiger partial charge in [-0.15, -0.1) is 0 Å². The second-order valence-electron chi connectivity index (χ2n) is 4.90. The van der Waals surface area contributed by atoms with Crippen molar-refractivity contribution in [2.45, 2.75) is 33.1 Å². The van der Waals surface area contributed by atoms with Gasteiger partial charge in [0.1, 0.15) is 22.9 Å². The van der Waals surface area contributed by atoms with E-state index in [2.05, 4.69) is 0 Å². The van der Waals surface area contributed by atoms with Gasteiger partial charge >= 0.3 is 0 Å². The first kappa shape index (κ1) is 14.3. The van der Waals surface area contributed by atoms with Crippen molar-refractivity contribution in [3.8, 4) is 5.75 Å². The summed E-state index contributed by atoms with van der Waals surface area (Å²) in [4.78, 5) is 23.9. The first-order valence-corrected chi connectivity index (χ1v) is 6.60. The lowest BCUT2D eigenvalue weighted by atomic mass is 9.98. The number of carbonyl (C=O) groups is 1. The Bertz CT molecular complexity index is 712. The van der Waals surface area contributed by atoms with Crippen LogP contribution in [0.25, 0.3) is 11.0 Å². The van der Waals surface area contributed by atoms with Crippen LogP contribution in [0.5, 0.6) is 5.75 Å². The van der Waals surface area contributed by atoms with E-state index >= 15 is 0 Å². The van der Waals surface area contributed by atoms with Crippen LogP contribution in [-0.4, -0.2) is 12.9 Å². The van der Waals surface area contributed by atoms with Gasteiger partial charge in [-0.1, -0.05) is 6.92 Å². The second-order valence-corrected chi connectivity index (χ2v) is 4.90. The van der Waals surface area contributed by atoms with Gasteiger partial charge in [0.05, 0.1) is 18.4 Å². The third-order valence-corrected chi connectivity index (χ3v) is 3.50. The highest BCUT2D eigenvalue weighted by Gasteiger charge is 2.19. The fourth-order valence-corrected chi connectivity index (χ4v) is 2.46. The minimum absolute atomic E-state index is 0.00498.